The second-order valence-electron chi connectivity index (χ2n) is 5.89. The average molecular weight is 298 g/mol. The lowest BCUT2D eigenvalue weighted by Crippen LogP contribution is -2.39. The summed E-state index contributed by atoms with van der Waals surface area (Å²) in [6, 6.07) is 11.6. The van der Waals surface area contributed by atoms with E-state index in [4.69, 9.17) is 4.52 Å². The van der Waals surface area contributed by atoms with Gasteiger partial charge in [0.15, 0.2) is 11.7 Å². The lowest BCUT2D eigenvalue weighted by molar-refractivity contribution is 0.0960. The third-order valence-corrected chi connectivity index (χ3v) is 3.03. The molecule has 22 heavy (non-hydrogen) atoms. The summed E-state index contributed by atoms with van der Waals surface area (Å²) in [7, 11) is 0. The summed E-state index contributed by atoms with van der Waals surface area (Å²) < 4.78 is 5.18. The SMILES string of the molecule is CC(C)(C)c1cc(C(=O)C(C#N)NNc2ccccc2)no1. The molecule has 0 aliphatic heterocycles. The third-order valence-electron chi connectivity index (χ3n) is 3.03. The normalized spacial score (nSPS) is 12.5. The van der Waals surface area contributed by atoms with Gasteiger partial charge in [-0.25, -0.2) is 5.43 Å². The van der Waals surface area contributed by atoms with Crippen LogP contribution in [0.4, 0.5) is 5.69 Å². The predicted molar refractivity (Wildman–Crippen MR) is 82.1 cm³/mol. The lowest BCUT2D eigenvalue weighted by atomic mass is 9.93. The van der Waals surface area contributed by atoms with E-state index in [1.165, 1.54) is 0 Å². The minimum atomic E-state index is -1.06. The van der Waals surface area contributed by atoms with Crippen molar-refractivity contribution in [3.63, 3.8) is 0 Å². The first kappa shape index (κ1) is 15.7. The van der Waals surface area contributed by atoms with Gasteiger partial charge in [0.2, 0.25) is 5.78 Å². The standard InChI is InChI=1S/C16H18N4O2/c1-16(2,3)14-9-12(20-22-14)15(21)13(10-17)19-18-11-7-5-4-6-8-11/h4-9,13,18-19H,1-3H3. The molecule has 0 aliphatic rings. The Morgan fingerprint density at radius 2 is 2.00 bits per heavy atom. The number of carbonyl (C=O) groups excluding carboxylic acids is 1. The fraction of sp³-hybridized carbons (Fsp3) is 0.312. The molecule has 0 radical (unpaired) electrons. The van der Waals surface area contributed by atoms with Crippen LogP contribution in [-0.2, 0) is 5.41 Å². The Labute approximate surface area is 129 Å². The van der Waals surface area contributed by atoms with E-state index in [9.17, 15) is 10.1 Å². The molecule has 1 aromatic heterocycles. The van der Waals surface area contributed by atoms with Gasteiger partial charge in [0.05, 0.1) is 6.07 Å². The summed E-state index contributed by atoms with van der Waals surface area (Å²) in [5, 5.41) is 12.9. The van der Waals surface area contributed by atoms with E-state index < -0.39 is 11.8 Å². The number of nitriles is 1. The van der Waals surface area contributed by atoms with Gasteiger partial charge in [-0.3, -0.25) is 4.79 Å². The maximum Gasteiger partial charge on any atom is 0.217 e. The Hall–Kier alpha value is -2.65. The molecule has 0 spiro atoms. The number of para-hydroxylation sites is 1. The van der Waals surface area contributed by atoms with Gasteiger partial charge in [0.25, 0.3) is 0 Å². The number of Topliss-reactive ketones (excluding diaryl/α,β-unsaturated/α-hetero) is 1. The molecular formula is C16H18N4O2. The van der Waals surface area contributed by atoms with Crippen LogP contribution in [-0.4, -0.2) is 17.0 Å². The average Bonchev–Trinajstić information content (AvgIpc) is 2.98. The van der Waals surface area contributed by atoms with Gasteiger partial charge in [-0.1, -0.05) is 44.1 Å². The van der Waals surface area contributed by atoms with Crippen LogP contribution < -0.4 is 10.9 Å². The van der Waals surface area contributed by atoms with Crippen LogP contribution in [0.1, 0.15) is 37.0 Å². The number of nitrogens with one attached hydrogen (secondary N) is 2. The molecule has 6 nitrogen and oxygen atoms in total. The molecule has 6 heteroatoms. The zero-order valence-corrected chi connectivity index (χ0v) is 12.8. The van der Waals surface area contributed by atoms with E-state index in [0.29, 0.717) is 5.76 Å². The summed E-state index contributed by atoms with van der Waals surface area (Å²) in [6.07, 6.45) is 0. The smallest absolute Gasteiger partial charge is 0.217 e. The van der Waals surface area contributed by atoms with E-state index in [1.807, 2.05) is 57.2 Å². The van der Waals surface area contributed by atoms with Gasteiger partial charge in [0, 0.05) is 17.2 Å². The minimum Gasteiger partial charge on any atom is -0.360 e. The summed E-state index contributed by atoms with van der Waals surface area (Å²) >= 11 is 0. The van der Waals surface area contributed by atoms with Crippen LogP contribution in [0.2, 0.25) is 0 Å². The number of carbonyl (C=O) groups is 1. The van der Waals surface area contributed by atoms with Crippen LogP contribution in [0, 0.1) is 11.3 Å². The molecule has 1 heterocycles. The highest BCUT2D eigenvalue weighted by molar-refractivity contribution is 6.00. The van der Waals surface area contributed by atoms with Crippen LogP contribution in [0.5, 0.6) is 0 Å². The molecule has 114 valence electrons. The van der Waals surface area contributed by atoms with Gasteiger partial charge >= 0.3 is 0 Å². The van der Waals surface area contributed by atoms with E-state index in [-0.39, 0.29) is 11.1 Å². The molecule has 0 saturated carbocycles. The number of anilines is 1. The Kier molecular flexibility index (Phi) is 4.59. The number of hydrogen-bond acceptors (Lipinski definition) is 6. The highest BCUT2D eigenvalue weighted by Gasteiger charge is 2.26. The fourth-order valence-corrected chi connectivity index (χ4v) is 1.73. The molecular weight excluding hydrogens is 280 g/mol. The van der Waals surface area contributed by atoms with E-state index in [2.05, 4.69) is 16.0 Å². The van der Waals surface area contributed by atoms with Crippen molar-refractivity contribution in [2.75, 3.05) is 5.43 Å². The van der Waals surface area contributed by atoms with Crippen molar-refractivity contribution in [1.82, 2.24) is 10.6 Å². The monoisotopic (exact) mass is 298 g/mol. The van der Waals surface area contributed by atoms with Crippen LogP contribution in [0.3, 0.4) is 0 Å². The molecule has 1 aromatic carbocycles. The first-order valence-corrected chi connectivity index (χ1v) is 6.89. The summed E-state index contributed by atoms with van der Waals surface area (Å²) in [6.45, 7) is 5.87. The Morgan fingerprint density at radius 1 is 1.32 bits per heavy atom. The van der Waals surface area contributed by atoms with Gasteiger partial charge in [-0.2, -0.15) is 5.26 Å². The highest BCUT2D eigenvalue weighted by atomic mass is 16.5. The zero-order valence-electron chi connectivity index (χ0n) is 12.8. The first-order valence-electron chi connectivity index (χ1n) is 6.89. The molecule has 1 atom stereocenters. The van der Waals surface area contributed by atoms with Crippen LogP contribution in [0.25, 0.3) is 0 Å². The van der Waals surface area contributed by atoms with Gasteiger partial charge in [-0.05, 0) is 12.1 Å². The second-order valence-corrected chi connectivity index (χ2v) is 5.89. The molecule has 2 rings (SSSR count). The molecule has 2 aromatic rings. The minimum absolute atomic E-state index is 0.138. The van der Waals surface area contributed by atoms with Crippen molar-refractivity contribution in [3.8, 4) is 6.07 Å². The van der Waals surface area contributed by atoms with Crippen molar-refractivity contribution in [2.45, 2.75) is 32.2 Å². The fourth-order valence-electron chi connectivity index (χ4n) is 1.73. The molecule has 0 bridgehead atoms. The number of hydrogen-bond donors (Lipinski definition) is 2. The topological polar surface area (TPSA) is 91.0 Å². The molecule has 0 fully saturated rings. The summed E-state index contributed by atoms with van der Waals surface area (Å²) in [5.41, 5.74) is 6.17. The second kappa shape index (κ2) is 6.41. The van der Waals surface area contributed by atoms with Gasteiger partial charge in [0.1, 0.15) is 5.76 Å². The highest BCUT2D eigenvalue weighted by Crippen LogP contribution is 2.23. The van der Waals surface area contributed by atoms with Gasteiger partial charge in [-0.15, -0.1) is 0 Å². The molecule has 0 saturated heterocycles. The lowest BCUT2D eigenvalue weighted by Gasteiger charge is -2.12. The molecule has 2 N–H and O–H groups in total. The number of rotatable bonds is 5. The third kappa shape index (κ3) is 3.71. The predicted octanol–water partition coefficient (Wildman–Crippen LogP) is 2.66. The quantitative estimate of drug-likeness (QED) is 0.651. The Morgan fingerprint density at radius 3 is 2.55 bits per heavy atom. The largest absolute Gasteiger partial charge is 0.360 e. The number of hydrazine groups is 1. The van der Waals surface area contributed by atoms with Gasteiger partial charge < -0.3 is 9.95 Å². The Bertz CT molecular complexity index is 680. The van der Waals surface area contributed by atoms with Crippen molar-refractivity contribution in [1.29, 1.82) is 5.26 Å². The van der Waals surface area contributed by atoms with Crippen molar-refractivity contribution in [2.24, 2.45) is 0 Å². The maximum atomic E-state index is 12.3. The summed E-state index contributed by atoms with van der Waals surface area (Å²) in [4.78, 5) is 12.3. The molecule has 1 unspecified atom stereocenters. The van der Waals surface area contributed by atoms with E-state index >= 15 is 0 Å². The molecule has 0 aliphatic carbocycles. The van der Waals surface area contributed by atoms with Crippen molar-refractivity contribution >= 4 is 11.5 Å². The Balaban J connectivity index is 2.06. The zero-order chi connectivity index (χ0) is 16.2. The van der Waals surface area contributed by atoms with Crippen LogP contribution in [0.15, 0.2) is 40.9 Å². The number of ketones is 1. The molecule has 0 amide bonds. The van der Waals surface area contributed by atoms with Crippen molar-refractivity contribution < 1.29 is 9.32 Å². The van der Waals surface area contributed by atoms with E-state index in [1.54, 1.807) is 6.07 Å². The maximum absolute atomic E-state index is 12.3. The van der Waals surface area contributed by atoms with Crippen LogP contribution >= 0.6 is 0 Å². The number of aromatic nitrogens is 1. The number of benzene rings is 1. The summed E-state index contributed by atoms with van der Waals surface area (Å²) in [5.74, 6) is 0.161. The number of nitrogens with zero attached hydrogens (tertiary/aromatic N) is 2. The first-order chi connectivity index (χ1) is 10.4. The van der Waals surface area contributed by atoms with Crippen molar-refractivity contribution in [3.05, 3.63) is 47.9 Å². The van der Waals surface area contributed by atoms with E-state index in [0.717, 1.165) is 5.69 Å².